The zero-order valence-corrected chi connectivity index (χ0v) is 11.8. The van der Waals surface area contributed by atoms with Crippen LogP contribution in [0.4, 0.5) is 0 Å². The van der Waals surface area contributed by atoms with Crippen molar-refractivity contribution >= 4 is 17.5 Å². The number of β-lactam (4-membered cyclic amide) rings is 1. The Labute approximate surface area is 112 Å². The third-order valence-corrected chi connectivity index (χ3v) is 4.01. The molecule has 0 bridgehead atoms. The molecule has 1 aliphatic heterocycles. The molecule has 1 heterocycles. The highest BCUT2D eigenvalue weighted by Crippen LogP contribution is 2.49. The van der Waals surface area contributed by atoms with E-state index in [0.717, 1.165) is 0 Å². The van der Waals surface area contributed by atoms with Crippen molar-refractivity contribution in [3.05, 3.63) is 34.9 Å². The number of carbonyl (C=O) groups is 1. The lowest BCUT2D eigenvalue weighted by molar-refractivity contribution is -0.221. The number of hydrogen-bond donors (Lipinski definition) is 1. The predicted octanol–water partition coefficient (Wildman–Crippen LogP) is 2.56. The molecule has 0 aromatic heterocycles. The maximum absolute atomic E-state index is 12.3. The summed E-state index contributed by atoms with van der Waals surface area (Å²) in [5.74, 6) is -0.259. The molecule has 1 fully saturated rings. The summed E-state index contributed by atoms with van der Waals surface area (Å²) in [6, 6.07) is 6.93. The summed E-state index contributed by atoms with van der Waals surface area (Å²) in [5, 5.41) is 11.3. The number of aliphatic hydroxyl groups is 1. The largest absolute Gasteiger partial charge is 0.374 e. The number of nitrogens with zero attached hydrogens (tertiary/aromatic N) is 1. The first-order valence-corrected chi connectivity index (χ1v) is 6.43. The van der Waals surface area contributed by atoms with E-state index < -0.39 is 11.1 Å². The van der Waals surface area contributed by atoms with Gasteiger partial charge in [-0.1, -0.05) is 23.7 Å². The molecule has 0 aliphatic carbocycles. The Hall–Kier alpha value is -1.06. The minimum Gasteiger partial charge on any atom is -0.374 e. The van der Waals surface area contributed by atoms with Crippen molar-refractivity contribution in [2.45, 2.75) is 44.9 Å². The second kappa shape index (κ2) is 3.97. The first kappa shape index (κ1) is 13.4. The molecular formula is C14H18ClNO2. The van der Waals surface area contributed by atoms with Crippen molar-refractivity contribution in [2.24, 2.45) is 0 Å². The molecule has 0 unspecified atom stereocenters. The average molecular weight is 268 g/mol. The van der Waals surface area contributed by atoms with Gasteiger partial charge in [0, 0.05) is 11.1 Å². The highest BCUT2D eigenvalue weighted by atomic mass is 35.5. The monoisotopic (exact) mass is 267 g/mol. The van der Waals surface area contributed by atoms with Crippen molar-refractivity contribution < 1.29 is 9.90 Å². The SMILES string of the molecule is CC(C)N1C(=O)[C@@](O)(c2cccc(Cl)c2)C1(C)C. The van der Waals surface area contributed by atoms with Gasteiger partial charge in [-0.2, -0.15) is 0 Å². The summed E-state index contributed by atoms with van der Waals surface area (Å²) in [6.07, 6.45) is 0. The molecule has 18 heavy (non-hydrogen) atoms. The fourth-order valence-electron chi connectivity index (χ4n) is 2.88. The van der Waals surface area contributed by atoms with Crippen molar-refractivity contribution in [3.63, 3.8) is 0 Å². The lowest BCUT2D eigenvalue weighted by Gasteiger charge is -2.61. The second-order valence-corrected chi connectivity index (χ2v) is 5.99. The minimum atomic E-state index is -1.48. The summed E-state index contributed by atoms with van der Waals surface area (Å²) in [5.41, 5.74) is -1.56. The third kappa shape index (κ3) is 1.50. The molecule has 3 nitrogen and oxygen atoms in total. The van der Waals surface area contributed by atoms with E-state index in [1.165, 1.54) is 0 Å². The summed E-state index contributed by atoms with van der Waals surface area (Å²) in [6.45, 7) is 7.62. The second-order valence-electron chi connectivity index (χ2n) is 5.55. The van der Waals surface area contributed by atoms with Crippen LogP contribution in [0, 0.1) is 0 Å². The standard InChI is InChI=1S/C14H18ClNO2/c1-9(2)16-12(17)14(18,13(16,3)4)10-6-5-7-11(15)8-10/h5-9,18H,1-4H3/t14-/m0/s1. The lowest BCUT2D eigenvalue weighted by atomic mass is 9.67. The van der Waals surface area contributed by atoms with E-state index in [1.54, 1.807) is 29.2 Å². The number of hydrogen-bond acceptors (Lipinski definition) is 2. The van der Waals surface area contributed by atoms with Crippen molar-refractivity contribution in [2.75, 3.05) is 0 Å². The Balaban J connectivity index is 2.48. The van der Waals surface area contributed by atoms with Crippen LogP contribution in [0.5, 0.6) is 0 Å². The van der Waals surface area contributed by atoms with Gasteiger partial charge in [0.15, 0.2) is 5.60 Å². The van der Waals surface area contributed by atoms with E-state index in [9.17, 15) is 9.90 Å². The minimum absolute atomic E-state index is 0.0620. The van der Waals surface area contributed by atoms with Crippen molar-refractivity contribution in [1.29, 1.82) is 0 Å². The van der Waals surface area contributed by atoms with Crippen LogP contribution in [0.15, 0.2) is 24.3 Å². The Morgan fingerprint density at radius 3 is 2.39 bits per heavy atom. The Bertz CT molecular complexity index is 498. The first-order chi connectivity index (χ1) is 8.23. The van der Waals surface area contributed by atoms with Crippen LogP contribution in [0.1, 0.15) is 33.3 Å². The van der Waals surface area contributed by atoms with Gasteiger partial charge in [-0.3, -0.25) is 4.79 Å². The molecule has 1 atom stereocenters. The van der Waals surface area contributed by atoms with Gasteiger partial charge < -0.3 is 10.0 Å². The number of halogens is 1. The lowest BCUT2D eigenvalue weighted by Crippen LogP contribution is -2.79. The van der Waals surface area contributed by atoms with Gasteiger partial charge in [0.05, 0.1) is 5.54 Å². The normalized spacial score (nSPS) is 26.4. The molecule has 0 saturated carbocycles. The zero-order valence-electron chi connectivity index (χ0n) is 11.1. The van der Waals surface area contributed by atoms with Crippen molar-refractivity contribution in [1.82, 2.24) is 4.90 Å². The van der Waals surface area contributed by atoms with Gasteiger partial charge in [0.2, 0.25) is 0 Å². The van der Waals surface area contributed by atoms with Crippen LogP contribution in [0.25, 0.3) is 0 Å². The molecule has 1 amide bonds. The number of carbonyl (C=O) groups excluding carboxylic acids is 1. The van der Waals surface area contributed by atoms with Crippen LogP contribution in [0.3, 0.4) is 0 Å². The molecule has 4 heteroatoms. The molecule has 0 spiro atoms. The highest BCUT2D eigenvalue weighted by Gasteiger charge is 2.67. The summed E-state index contributed by atoms with van der Waals surface area (Å²) in [4.78, 5) is 14.0. The average Bonchev–Trinajstić information content (AvgIpc) is 2.26. The molecule has 1 aromatic rings. The molecule has 1 N–H and O–H groups in total. The fraction of sp³-hybridized carbons (Fsp3) is 0.500. The van der Waals surface area contributed by atoms with E-state index in [-0.39, 0.29) is 11.9 Å². The van der Waals surface area contributed by atoms with Crippen molar-refractivity contribution in [3.8, 4) is 0 Å². The molecular weight excluding hydrogens is 250 g/mol. The number of likely N-dealkylation sites (tertiary alicyclic amines) is 1. The van der Waals surface area contributed by atoms with Gasteiger partial charge >= 0.3 is 0 Å². The topological polar surface area (TPSA) is 40.5 Å². The quantitative estimate of drug-likeness (QED) is 0.837. The Morgan fingerprint density at radius 2 is 1.94 bits per heavy atom. The summed E-state index contributed by atoms with van der Waals surface area (Å²) < 4.78 is 0. The third-order valence-electron chi connectivity index (χ3n) is 3.77. The molecule has 1 aromatic carbocycles. The molecule has 98 valence electrons. The predicted molar refractivity (Wildman–Crippen MR) is 71.4 cm³/mol. The van der Waals surface area contributed by atoms with Crippen LogP contribution in [0.2, 0.25) is 5.02 Å². The van der Waals surface area contributed by atoms with Gasteiger partial charge in [-0.25, -0.2) is 0 Å². The highest BCUT2D eigenvalue weighted by molar-refractivity contribution is 6.30. The van der Waals surface area contributed by atoms with Crippen LogP contribution >= 0.6 is 11.6 Å². The van der Waals surface area contributed by atoms with E-state index in [2.05, 4.69) is 0 Å². The number of benzene rings is 1. The fourth-order valence-corrected chi connectivity index (χ4v) is 3.07. The molecule has 2 rings (SSSR count). The van der Waals surface area contributed by atoms with Crippen LogP contribution < -0.4 is 0 Å². The zero-order chi connectivity index (χ0) is 13.7. The maximum atomic E-state index is 12.3. The van der Waals surface area contributed by atoms with E-state index in [1.807, 2.05) is 27.7 Å². The Kier molecular flexibility index (Phi) is 2.95. The van der Waals surface area contributed by atoms with Gasteiger partial charge in [-0.05, 0) is 45.4 Å². The van der Waals surface area contributed by atoms with E-state index >= 15 is 0 Å². The molecule has 1 aliphatic rings. The number of rotatable bonds is 2. The van der Waals surface area contributed by atoms with E-state index in [4.69, 9.17) is 11.6 Å². The van der Waals surface area contributed by atoms with Gasteiger partial charge in [0.1, 0.15) is 0 Å². The smallest absolute Gasteiger partial charge is 0.262 e. The molecule has 0 radical (unpaired) electrons. The van der Waals surface area contributed by atoms with Crippen LogP contribution in [-0.2, 0) is 10.4 Å². The maximum Gasteiger partial charge on any atom is 0.262 e. The summed E-state index contributed by atoms with van der Waals surface area (Å²) in [7, 11) is 0. The van der Waals surface area contributed by atoms with Gasteiger partial charge in [0.25, 0.3) is 5.91 Å². The van der Waals surface area contributed by atoms with Crippen LogP contribution in [-0.4, -0.2) is 27.5 Å². The number of amides is 1. The summed E-state index contributed by atoms with van der Waals surface area (Å²) >= 11 is 5.94. The van der Waals surface area contributed by atoms with Gasteiger partial charge in [-0.15, -0.1) is 0 Å². The van der Waals surface area contributed by atoms with E-state index in [0.29, 0.717) is 10.6 Å². The Morgan fingerprint density at radius 1 is 1.33 bits per heavy atom. The first-order valence-electron chi connectivity index (χ1n) is 6.05. The molecule has 1 saturated heterocycles.